The van der Waals surface area contributed by atoms with Crippen LogP contribution in [-0.4, -0.2) is 49.3 Å². The zero-order chi connectivity index (χ0) is 15.7. The molecule has 2 N–H and O–H groups in total. The van der Waals surface area contributed by atoms with Crippen LogP contribution in [0.25, 0.3) is 0 Å². The van der Waals surface area contributed by atoms with Crippen molar-refractivity contribution in [1.82, 2.24) is 10.2 Å². The van der Waals surface area contributed by atoms with Crippen LogP contribution in [-0.2, 0) is 0 Å². The number of aliphatic hydroxyl groups is 1. The van der Waals surface area contributed by atoms with E-state index in [0.717, 1.165) is 37.1 Å². The molecule has 1 rings (SSSR count). The molecule has 21 heavy (non-hydrogen) atoms. The molecule has 4 atom stereocenters. The fourth-order valence-corrected chi connectivity index (χ4v) is 3.90. The van der Waals surface area contributed by atoms with Crippen LogP contribution in [0.4, 0.5) is 0 Å². The van der Waals surface area contributed by atoms with Crippen molar-refractivity contribution < 1.29 is 5.11 Å². The second kappa shape index (κ2) is 10.6. The molecule has 0 aromatic carbocycles. The SMILES string of the molecule is CCCNC1CC(C)CC(C)C1CN(C)CCCCCO. The van der Waals surface area contributed by atoms with Crippen molar-refractivity contribution in [2.75, 3.05) is 33.3 Å². The molecule has 0 amide bonds. The quantitative estimate of drug-likeness (QED) is 0.608. The van der Waals surface area contributed by atoms with Gasteiger partial charge in [-0.05, 0) is 76.4 Å². The number of hydrogen-bond donors (Lipinski definition) is 2. The van der Waals surface area contributed by atoms with Gasteiger partial charge in [-0.1, -0.05) is 20.8 Å². The van der Waals surface area contributed by atoms with Crippen LogP contribution in [0.3, 0.4) is 0 Å². The number of nitrogens with zero attached hydrogens (tertiary/aromatic N) is 1. The monoisotopic (exact) mass is 298 g/mol. The minimum absolute atomic E-state index is 0.338. The van der Waals surface area contributed by atoms with Gasteiger partial charge in [-0.15, -0.1) is 0 Å². The van der Waals surface area contributed by atoms with E-state index in [1.54, 1.807) is 0 Å². The molecular weight excluding hydrogens is 260 g/mol. The zero-order valence-electron chi connectivity index (χ0n) is 14.8. The van der Waals surface area contributed by atoms with Crippen molar-refractivity contribution in [1.29, 1.82) is 0 Å². The van der Waals surface area contributed by atoms with Gasteiger partial charge in [-0.25, -0.2) is 0 Å². The Morgan fingerprint density at radius 3 is 2.57 bits per heavy atom. The Kier molecular flexibility index (Phi) is 9.54. The van der Waals surface area contributed by atoms with Gasteiger partial charge < -0.3 is 15.3 Å². The zero-order valence-corrected chi connectivity index (χ0v) is 14.8. The summed E-state index contributed by atoms with van der Waals surface area (Å²) in [7, 11) is 2.26. The summed E-state index contributed by atoms with van der Waals surface area (Å²) in [5.74, 6) is 2.47. The summed E-state index contributed by atoms with van der Waals surface area (Å²) >= 11 is 0. The van der Waals surface area contributed by atoms with E-state index < -0.39 is 0 Å². The molecule has 1 aliphatic carbocycles. The Hall–Kier alpha value is -0.120. The van der Waals surface area contributed by atoms with Crippen molar-refractivity contribution in [2.24, 2.45) is 17.8 Å². The molecule has 3 heteroatoms. The van der Waals surface area contributed by atoms with Gasteiger partial charge in [0.2, 0.25) is 0 Å². The van der Waals surface area contributed by atoms with Crippen molar-refractivity contribution in [3.8, 4) is 0 Å². The summed E-state index contributed by atoms with van der Waals surface area (Å²) in [6.07, 6.45) is 7.26. The minimum Gasteiger partial charge on any atom is -0.396 e. The number of hydrogen-bond acceptors (Lipinski definition) is 3. The highest BCUT2D eigenvalue weighted by Gasteiger charge is 2.33. The largest absolute Gasteiger partial charge is 0.396 e. The summed E-state index contributed by atoms with van der Waals surface area (Å²) in [4.78, 5) is 2.51. The fourth-order valence-electron chi connectivity index (χ4n) is 3.90. The van der Waals surface area contributed by atoms with Crippen molar-refractivity contribution in [3.63, 3.8) is 0 Å². The van der Waals surface area contributed by atoms with Crippen LogP contribution >= 0.6 is 0 Å². The maximum atomic E-state index is 8.85. The predicted octanol–water partition coefficient (Wildman–Crippen LogP) is 3.13. The maximum absolute atomic E-state index is 8.85. The van der Waals surface area contributed by atoms with Crippen LogP contribution in [0.1, 0.15) is 59.3 Å². The highest BCUT2D eigenvalue weighted by Crippen LogP contribution is 2.34. The third kappa shape index (κ3) is 7.12. The van der Waals surface area contributed by atoms with Crippen LogP contribution in [0.2, 0.25) is 0 Å². The van der Waals surface area contributed by atoms with E-state index in [9.17, 15) is 0 Å². The van der Waals surface area contributed by atoms with Crippen molar-refractivity contribution in [3.05, 3.63) is 0 Å². The molecular formula is C18H38N2O. The molecule has 0 aliphatic heterocycles. The summed E-state index contributed by atoms with van der Waals surface area (Å²) in [5.41, 5.74) is 0. The average molecular weight is 299 g/mol. The van der Waals surface area contributed by atoms with Crippen LogP contribution in [0.5, 0.6) is 0 Å². The molecule has 0 bridgehead atoms. The third-order valence-electron chi connectivity index (χ3n) is 5.06. The minimum atomic E-state index is 0.338. The van der Waals surface area contributed by atoms with E-state index in [-0.39, 0.29) is 0 Å². The van der Waals surface area contributed by atoms with Crippen molar-refractivity contribution in [2.45, 2.75) is 65.3 Å². The lowest BCUT2D eigenvalue weighted by Crippen LogP contribution is -2.48. The molecule has 0 radical (unpaired) electrons. The third-order valence-corrected chi connectivity index (χ3v) is 5.06. The number of rotatable bonds is 10. The molecule has 0 aromatic heterocycles. The highest BCUT2D eigenvalue weighted by molar-refractivity contribution is 4.89. The average Bonchev–Trinajstić information content (AvgIpc) is 2.44. The summed E-state index contributed by atoms with van der Waals surface area (Å²) < 4.78 is 0. The second-order valence-electron chi connectivity index (χ2n) is 7.32. The van der Waals surface area contributed by atoms with E-state index >= 15 is 0 Å². The van der Waals surface area contributed by atoms with E-state index in [4.69, 9.17) is 5.11 Å². The molecule has 1 saturated carbocycles. The van der Waals surface area contributed by atoms with Gasteiger partial charge in [-0.2, -0.15) is 0 Å². The Labute approximate surface area is 132 Å². The summed E-state index contributed by atoms with van der Waals surface area (Å²) in [6.45, 7) is 11.0. The van der Waals surface area contributed by atoms with E-state index in [1.807, 2.05) is 0 Å². The molecule has 1 fully saturated rings. The molecule has 3 nitrogen and oxygen atoms in total. The molecule has 126 valence electrons. The Bertz CT molecular complexity index is 260. The molecule has 4 unspecified atom stereocenters. The number of nitrogens with one attached hydrogen (secondary N) is 1. The first-order valence-electron chi connectivity index (χ1n) is 9.11. The van der Waals surface area contributed by atoms with E-state index in [1.165, 1.54) is 38.8 Å². The lowest BCUT2D eigenvalue weighted by Gasteiger charge is -2.42. The molecule has 1 aliphatic rings. The lowest BCUT2D eigenvalue weighted by molar-refractivity contribution is 0.110. The van der Waals surface area contributed by atoms with Crippen LogP contribution < -0.4 is 5.32 Å². The van der Waals surface area contributed by atoms with Crippen LogP contribution in [0, 0.1) is 17.8 Å². The summed E-state index contributed by atoms with van der Waals surface area (Å²) in [6, 6.07) is 0.698. The molecule has 0 saturated heterocycles. The Balaban J connectivity index is 2.42. The molecule has 0 heterocycles. The first kappa shape index (κ1) is 18.9. The topological polar surface area (TPSA) is 35.5 Å². The second-order valence-corrected chi connectivity index (χ2v) is 7.32. The van der Waals surface area contributed by atoms with E-state index in [0.29, 0.717) is 12.6 Å². The Morgan fingerprint density at radius 1 is 1.14 bits per heavy atom. The van der Waals surface area contributed by atoms with Crippen molar-refractivity contribution >= 4 is 0 Å². The summed E-state index contributed by atoms with van der Waals surface area (Å²) in [5, 5.41) is 12.7. The standard InChI is InChI=1S/C18H38N2O/c1-5-9-19-18-13-15(2)12-16(3)17(18)14-20(4)10-7-6-8-11-21/h15-19,21H,5-14H2,1-4H3. The number of aliphatic hydroxyl groups excluding tert-OH is 1. The Morgan fingerprint density at radius 2 is 1.90 bits per heavy atom. The maximum Gasteiger partial charge on any atom is 0.0431 e. The normalized spacial score (nSPS) is 30.0. The van der Waals surface area contributed by atoms with Gasteiger partial charge in [0.1, 0.15) is 0 Å². The first-order valence-corrected chi connectivity index (χ1v) is 9.11. The lowest BCUT2D eigenvalue weighted by atomic mass is 9.72. The van der Waals surface area contributed by atoms with Gasteiger partial charge in [0.05, 0.1) is 0 Å². The van der Waals surface area contributed by atoms with Gasteiger partial charge in [0.15, 0.2) is 0 Å². The van der Waals surface area contributed by atoms with Gasteiger partial charge >= 0.3 is 0 Å². The van der Waals surface area contributed by atoms with Crippen LogP contribution in [0.15, 0.2) is 0 Å². The van der Waals surface area contributed by atoms with E-state index in [2.05, 4.69) is 38.0 Å². The highest BCUT2D eigenvalue weighted by atomic mass is 16.2. The van der Waals surface area contributed by atoms with Gasteiger partial charge in [0.25, 0.3) is 0 Å². The number of unbranched alkanes of at least 4 members (excludes halogenated alkanes) is 2. The van der Waals surface area contributed by atoms with Gasteiger partial charge in [0, 0.05) is 19.2 Å². The fraction of sp³-hybridized carbons (Fsp3) is 1.00. The smallest absolute Gasteiger partial charge is 0.0431 e. The molecule has 0 spiro atoms. The van der Waals surface area contributed by atoms with Gasteiger partial charge in [-0.3, -0.25) is 0 Å². The first-order chi connectivity index (χ1) is 10.1. The predicted molar refractivity (Wildman–Crippen MR) is 91.6 cm³/mol. The molecule has 0 aromatic rings.